The Labute approximate surface area is 172 Å². The molecular formula is C19H28Cl2FN3O2. The summed E-state index contributed by atoms with van der Waals surface area (Å²) in [6, 6.07) is 7.03. The average molecular weight is 420 g/mol. The second kappa shape index (κ2) is 10.0. The van der Waals surface area contributed by atoms with Gasteiger partial charge >= 0.3 is 0 Å². The van der Waals surface area contributed by atoms with Crippen LogP contribution >= 0.6 is 24.8 Å². The lowest BCUT2D eigenvalue weighted by Crippen LogP contribution is -2.49. The molecule has 5 nitrogen and oxygen atoms in total. The first kappa shape index (κ1) is 22.4. The van der Waals surface area contributed by atoms with Crippen LogP contribution in [0.1, 0.15) is 30.9 Å². The monoisotopic (exact) mass is 419 g/mol. The summed E-state index contributed by atoms with van der Waals surface area (Å²) >= 11 is 0. The van der Waals surface area contributed by atoms with E-state index in [4.69, 9.17) is 4.74 Å². The Morgan fingerprint density at radius 3 is 2.52 bits per heavy atom. The van der Waals surface area contributed by atoms with E-state index in [1.54, 1.807) is 12.1 Å². The standard InChI is InChI=1S/C19H26FN3O2.2ClH/c20-17-4-2-1-3-16(17)18(22-9-11-25-12-10-22)19(24)23-8-7-14-5-6-15(13-23)21-14;;/h1-4,14-15,18,21H,5-13H2;2*1H. The number of halogens is 3. The van der Waals surface area contributed by atoms with Crippen LogP contribution in [-0.2, 0) is 9.53 Å². The van der Waals surface area contributed by atoms with Crippen LogP contribution in [0.5, 0.6) is 0 Å². The molecule has 3 atom stereocenters. The minimum absolute atomic E-state index is 0. The fourth-order valence-corrected chi connectivity index (χ4v) is 4.33. The molecule has 4 rings (SSSR count). The molecule has 1 N–H and O–H groups in total. The van der Waals surface area contributed by atoms with Crippen LogP contribution in [-0.4, -0.2) is 67.2 Å². The Kier molecular flexibility index (Phi) is 8.31. The second-order valence-electron chi connectivity index (χ2n) is 7.28. The molecule has 3 heterocycles. The van der Waals surface area contributed by atoms with E-state index < -0.39 is 6.04 Å². The topological polar surface area (TPSA) is 44.8 Å². The number of hydrogen-bond donors (Lipinski definition) is 1. The van der Waals surface area contributed by atoms with Crippen molar-refractivity contribution in [3.8, 4) is 0 Å². The zero-order valence-electron chi connectivity index (χ0n) is 15.3. The van der Waals surface area contributed by atoms with E-state index in [1.165, 1.54) is 12.5 Å². The van der Waals surface area contributed by atoms with E-state index in [-0.39, 0.29) is 36.5 Å². The SMILES string of the molecule is Cl.Cl.O=C(C(c1ccccc1F)N1CCOCC1)N1CCC2CCC(C1)N2. The van der Waals surface area contributed by atoms with Gasteiger partial charge in [0.2, 0.25) is 5.91 Å². The van der Waals surface area contributed by atoms with Crippen LogP contribution in [0.2, 0.25) is 0 Å². The van der Waals surface area contributed by atoms with Crippen LogP contribution in [0.4, 0.5) is 4.39 Å². The molecule has 1 aromatic rings. The van der Waals surface area contributed by atoms with Crippen molar-refractivity contribution in [2.24, 2.45) is 0 Å². The van der Waals surface area contributed by atoms with Crippen LogP contribution in [0.3, 0.4) is 0 Å². The molecule has 3 aliphatic heterocycles. The van der Waals surface area contributed by atoms with Gasteiger partial charge in [-0.1, -0.05) is 18.2 Å². The molecule has 152 valence electrons. The average Bonchev–Trinajstić information content (AvgIpc) is 2.96. The number of carbonyl (C=O) groups excluding carboxylic acids is 1. The van der Waals surface area contributed by atoms with Crippen LogP contribution in [0.25, 0.3) is 0 Å². The van der Waals surface area contributed by atoms with E-state index in [2.05, 4.69) is 10.2 Å². The van der Waals surface area contributed by atoms with E-state index in [0.29, 0.717) is 44.0 Å². The molecule has 0 aromatic heterocycles. The molecule has 0 aliphatic carbocycles. The number of morpholine rings is 1. The summed E-state index contributed by atoms with van der Waals surface area (Å²) in [7, 11) is 0. The predicted octanol–water partition coefficient (Wildman–Crippen LogP) is 2.40. The molecule has 0 spiro atoms. The molecule has 3 aliphatic rings. The maximum atomic E-state index is 14.5. The highest BCUT2D eigenvalue weighted by atomic mass is 35.5. The number of hydrogen-bond acceptors (Lipinski definition) is 4. The zero-order chi connectivity index (χ0) is 17.2. The molecule has 2 bridgehead atoms. The number of nitrogens with zero attached hydrogens (tertiary/aromatic N) is 2. The maximum absolute atomic E-state index is 14.5. The van der Waals surface area contributed by atoms with E-state index in [1.807, 2.05) is 11.0 Å². The first-order valence-corrected chi connectivity index (χ1v) is 9.33. The Morgan fingerprint density at radius 2 is 1.78 bits per heavy atom. The third kappa shape index (κ3) is 4.93. The summed E-state index contributed by atoms with van der Waals surface area (Å²) in [4.78, 5) is 17.4. The zero-order valence-corrected chi connectivity index (χ0v) is 16.9. The minimum atomic E-state index is -0.554. The van der Waals surface area contributed by atoms with Gasteiger partial charge in [-0.25, -0.2) is 4.39 Å². The van der Waals surface area contributed by atoms with Crippen molar-refractivity contribution in [3.05, 3.63) is 35.6 Å². The first-order chi connectivity index (χ1) is 12.2. The molecular weight excluding hydrogens is 392 g/mol. The van der Waals surface area contributed by atoms with Gasteiger partial charge < -0.3 is 15.0 Å². The maximum Gasteiger partial charge on any atom is 0.244 e. The third-order valence-corrected chi connectivity index (χ3v) is 5.68. The molecule has 3 fully saturated rings. The highest BCUT2D eigenvalue weighted by molar-refractivity contribution is 5.85. The van der Waals surface area contributed by atoms with Gasteiger partial charge in [0.1, 0.15) is 11.9 Å². The summed E-state index contributed by atoms with van der Waals surface area (Å²) in [5.41, 5.74) is 0.483. The molecule has 3 saturated heterocycles. The van der Waals surface area contributed by atoms with Gasteiger partial charge in [-0.2, -0.15) is 0 Å². The van der Waals surface area contributed by atoms with Gasteiger partial charge in [-0.3, -0.25) is 9.69 Å². The Bertz CT molecular complexity index is 631. The lowest BCUT2D eigenvalue weighted by atomic mass is 10.0. The summed E-state index contributed by atoms with van der Waals surface area (Å²) < 4.78 is 19.9. The minimum Gasteiger partial charge on any atom is -0.379 e. The van der Waals surface area contributed by atoms with E-state index in [0.717, 1.165) is 25.9 Å². The molecule has 27 heavy (non-hydrogen) atoms. The van der Waals surface area contributed by atoms with Crippen molar-refractivity contribution in [1.29, 1.82) is 0 Å². The van der Waals surface area contributed by atoms with Gasteiger partial charge in [-0.15, -0.1) is 24.8 Å². The Morgan fingerprint density at radius 1 is 1.07 bits per heavy atom. The smallest absolute Gasteiger partial charge is 0.244 e. The van der Waals surface area contributed by atoms with Crippen molar-refractivity contribution in [2.45, 2.75) is 37.4 Å². The van der Waals surface area contributed by atoms with Crippen LogP contribution in [0.15, 0.2) is 24.3 Å². The number of likely N-dealkylation sites (tertiary alicyclic amines) is 1. The van der Waals surface area contributed by atoms with Crippen LogP contribution < -0.4 is 5.32 Å². The number of benzene rings is 1. The van der Waals surface area contributed by atoms with Crippen molar-refractivity contribution in [2.75, 3.05) is 39.4 Å². The molecule has 1 aromatic carbocycles. The lowest BCUT2D eigenvalue weighted by Gasteiger charge is -2.37. The Balaban J connectivity index is 0.00000131. The number of nitrogens with one attached hydrogen (secondary N) is 1. The quantitative estimate of drug-likeness (QED) is 0.816. The third-order valence-electron chi connectivity index (χ3n) is 5.68. The normalized spacial score (nSPS) is 26.5. The number of fused-ring (bicyclic) bond motifs is 2. The molecule has 8 heteroatoms. The molecule has 3 unspecified atom stereocenters. The van der Waals surface area contributed by atoms with Crippen molar-refractivity contribution in [3.63, 3.8) is 0 Å². The van der Waals surface area contributed by atoms with E-state index in [9.17, 15) is 9.18 Å². The number of amides is 1. The second-order valence-corrected chi connectivity index (χ2v) is 7.28. The lowest BCUT2D eigenvalue weighted by molar-refractivity contribution is -0.139. The molecule has 0 radical (unpaired) electrons. The van der Waals surface area contributed by atoms with E-state index >= 15 is 0 Å². The Hall–Kier alpha value is -0.920. The predicted molar refractivity (Wildman–Crippen MR) is 107 cm³/mol. The van der Waals surface area contributed by atoms with Crippen molar-refractivity contribution < 1.29 is 13.9 Å². The van der Waals surface area contributed by atoms with Crippen LogP contribution in [0, 0.1) is 5.82 Å². The molecule has 0 saturated carbocycles. The fourth-order valence-electron chi connectivity index (χ4n) is 4.33. The highest BCUT2D eigenvalue weighted by Crippen LogP contribution is 2.29. The largest absolute Gasteiger partial charge is 0.379 e. The van der Waals surface area contributed by atoms with Gasteiger partial charge in [0, 0.05) is 43.8 Å². The van der Waals surface area contributed by atoms with Crippen molar-refractivity contribution >= 4 is 30.7 Å². The highest BCUT2D eigenvalue weighted by Gasteiger charge is 2.37. The van der Waals surface area contributed by atoms with Gasteiger partial charge in [-0.05, 0) is 25.3 Å². The first-order valence-electron chi connectivity index (χ1n) is 9.33. The summed E-state index contributed by atoms with van der Waals surface area (Å²) in [5, 5.41) is 3.61. The van der Waals surface area contributed by atoms with Gasteiger partial charge in [0.05, 0.1) is 13.2 Å². The number of carbonyl (C=O) groups is 1. The number of rotatable bonds is 3. The summed E-state index contributed by atoms with van der Waals surface area (Å²) in [5.74, 6) is -0.275. The molecule has 1 amide bonds. The number of ether oxygens (including phenoxy) is 1. The summed E-state index contributed by atoms with van der Waals surface area (Å²) in [6.07, 6.45) is 3.30. The van der Waals surface area contributed by atoms with Gasteiger partial charge in [0.25, 0.3) is 0 Å². The van der Waals surface area contributed by atoms with Gasteiger partial charge in [0.15, 0.2) is 0 Å². The summed E-state index contributed by atoms with van der Waals surface area (Å²) in [6.45, 7) is 3.97. The van der Waals surface area contributed by atoms with Crippen molar-refractivity contribution in [1.82, 2.24) is 15.1 Å². The fraction of sp³-hybridized carbons (Fsp3) is 0.632.